The SMILES string of the molecule is C[C@H](N)CN1CCc2cc(F)c(C(F)(F)F)cc21.O=C(O)C=CC(=O)O. The first kappa shape index (κ1) is 21.4. The van der Waals surface area contributed by atoms with Crippen LogP contribution in [0, 0.1) is 5.82 Å². The monoisotopic (exact) mass is 378 g/mol. The summed E-state index contributed by atoms with van der Waals surface area (Å²) in [5.74, 6) is -3.72. The summed E-state index contributed by atoms with van der Waals surface area (Å²) in [5.41, 5.74) is 5.49. The lowest BCUT2D eigenvalue weighted by molar-refractivity contribution is -0.140. The van der Waals surface area contributed by atoms with Crippen molar-refractivity contribution >= 4 is 17.6 Å². The van der Waals surface area contributed by atoms with Gasteiger partial charge >= 0.3 is 18.1 Å². The number of hydrogen-bond donors (Lipinski definition) is 3. The van der Waals surface area contributed by atoms with Crippen LogP contribution in [0.5, 0.6) is 0 Å². The highest BCUT2D eigenvalue weighted by atomic mass is 19.4. The van der Waals surface area contributed by atoms with Gasteiger partial charge in [-0.2, -0.15) is 13.2 Å². The van der Waals surface area contributed by atoms with E-state index < -0.39 is 29.5 Å². The van der Waals surface area contributed by atoms with Gasteiger partial charge in [0.2, 0.25) is 0 Å². The number of nitrogens with zero attached hydrogens (tertiary/aromatic N) is 1. The van der Waals surface area contributed by atoms with Crippen molar-refractivity contribution in [1.82, 2.24) is 0 Å². The average Bonchev–Trinajstić information content (AvgIpc) is 2.85. The number of aliphatic carboxylic acids is 2. The minimum Gasteiger partial charge on any atom is -0.478 e. The quantitative estimate of drug-likeness (QED) is 0.549. The number of fused-ring (bicyclic) bond motifs is 1. The number of benzene rings is 1. The van der Waals surface area contributed by atoms with Gasteiger partial charge in [0, 0.05) is 37.0 Å². The summed E-state index contributed by atoms with van der Waals surface area (Å²) in [6, 6.07) is 1.73. The van der Waals surface area contributed by atoms with E-state index in [1.54, 1.807) is 11.8 Å². The number of rotatable bonds is 4. The molecule has 4 N–H and O–H groups in total. The third-order valence-corrected chi connectivity index (χ3v) is 3.34. The minimum atomic E-state index is -4.66. The molecule has 144 valence electrons. The number of halogens is 4. The fourth-order valence-electron chi connectivity index (χ4n) is 2.37. The zero-order valence-electron chi connectivity index (χ0n) is 13.8. The highest BCUT2D eigenvalue weighted by molar-refractivity contribution is 5.89. The van der Waals surface area contributed by atoms with Crippen LogP contribution in [0.4, 0.5) is 23.2 Å². The van der Waals surface area contributed by atoms with Gasteiger partial charge in [-0.15, -0.1) is 0 Å². The highest BCUT2D eigenvalue weighted by Crippen LogP contribution is 2.38. The Balaban J connectivity index is 0.000000359. The first-order valence-corrected chi connectivity index (χ1v) is 7.46. The summed E-state index contributed by atoms with van der Waals surface area (Å²) in [4.78, 5) is 20.9. The summed E-state index contributed by atoms with van der Waals surface area (Å²) in [6.07, 6.45) is -3.00. The standard InChI is InChI=1S/C12H14F4N2.C4H4O4/c1-7(17)6-18-3-2-8-4-10(13)9(5-11(8)18)12(14,15)16;5-3(6)1-2-4(7)8/h4-5,7H,2-3,6,17H2,1H3;1-2H,(H,5,6)(H,7,8)/t7-;/m0./s1. The third-order valence-electron chi connectivity index (χ3n) is 3.34. The van der Waals surface area contributed by atoms with Crippen LogP contribution < -0.4 is 10.6 Å². The first-order chi connectivity index (χ1) is 11.9. The Bertz CT molecular complexity index is 686. The third kappa shape index (κ3) is 6.36. The Morgan fingerprint density at radius 1 is 1.27 bits per heavy atom. The molecular formula is C16H18F4N2O4. The van der Waals surface area contributed by atoms with E-state index in [9.17, 15) is 27.2 Å². The van der Waals surface area contributed by atoms with E-state index in [2.05, 4.69) is 0 Å². The second-order valence-electron chi connectivity index (χ2n) is 5.64. The van der Waals surface area contributed by atoms with E-state index in [4.69, 9.17) is 15.9 Å². The van der Waals surface area contributed by atoms with E-state index in [0.717, 1.165) is 12.1 Å². The van der Waals surface area contributed by atoms with Crippen LogP contribution in [0.25, 0.3) is 0 Å². The molecule has 1 atom stereocenters. The molecule has 1 aromatic carbocycles. The number of carboxylic acid groups (broad SMARTS) is 2. The normalized spacial score (nSPS) is 14.6. The Morgan fingerprint density at radius 2 is 1.81 bits per heavy atom. The number of carbonyl (C=O) groups is 2. The van der Waals surface area contributed by atoms with Crippen molar-refractivity contribution in [2.75, 3.05) is 18.0 Å². The zero-order chi connectivity index (χ0) is 20.1. The molecule has 1 aliphatic heterocycles. The van der Waals surface area contributed by atoms with E-state index in [-0.39, 0.29) is 6.04 Å². The van der Waals surface area contributed by atoms with E-state index >= 15 is 0 Å². The Kier molecular flexibility index (Phi) is 7.13. The van der Waals surface area contributed by atoms with Crippen LogP contribution in [0.1, 0.15) is 18.1 Å². The molecule has 0 unspecified atom stereocenters. The van der Waals surface area contributed by atoms with E-state index in [0.29, 0.717) is 42.9 Å². The minimum absolute atomic E-state index is 0.143. The maximum atomic E-state index is 13.4. The molecule has 26 heavy (non-hydrogen) atoms. The molecule has 0 saturated heterocycles. The van der Waals surface area contributed by atoms with Gasteiger partial charge < -0.3 is 20.8 Å². The molecule has 0 aliphatic carbocycles. The van der Waals surface area contributed by atoms with Gasteiger partial charge in [0.1, 0.15) is 5.82 Å². The summed E-state index contributed by atoms with van der Waals surface area (Å²) < 4.78 is 51.2. The molecule has 1 aliphatic rings. The van der Waals surface area contributed by atoms with Gasteiger partial charge in [0.15, 0.2) is 0 Å². The van der Waals surface area contributed by atoms with Crippen molar-refractivity contribution in [3.63, 3.8) is 0 Å². The first-order valence-electron chi connectivity index (χ1n) is 7.46. The summed E-state index contributed by atoms with van der Waals surface area (Å²) in [5, 5.41) is 15.6. The number of carboxylic acids is 2. The number of anilines is 1. The lowest BCUT2D eigenvalue weighted by Gasteiger charge is -2.22. The van der Waals surface area contributed by atoms with Crippen molar-refractivity contribution < 1.29 is 37.4 Å². The summed E-state index contributed by atoms with van der Waals surface area (Å²) in [6.45, 7) is 2.83. The fraction of sp³-hybridized carbons (Fsp3) is 0.375. The van der Waals surface area contributed by atoms with Crippen molar-refractivity contribution in [3.8, 4) is 0 Å². The van der Waals surface area contributed by atoms with Crippen molar-refractivity contribution in [2.45, 2.75) is 25.6 Å². The van der Waals surface area contributed by atoms with Gasteiger partial charge in [-0.25, -0.2) is 14.0 Å². The summed E-state index contributed by atoms with van der Waals surface area (Å²) >= 11 is 0. The molecule has 0 fully saturated rings. The molecular weight excluding hydrogens is 360 g/mol. The Labute approximate surface area is 146 Å². The lowest BCUT2D eigenvalue weighted by atomic mass is 10.1. The Hall–Kier alpha value is -2.62. The smallest absolute Gasteiger partial charge is 0.419 e. The van der Waals surface area contributed by atoms with Crippen LogP contribution in [-0.2, 0) is 22.2 Å². The molecule has 2 rings (SSSR count). The molecule has 6 nitrogen and oxygen atoms in total. The molecule has 10 heteroatoms. The van der Waals surface area contributed by atoms with Gasteiger partial charge in [-0.3, -0.25) is 0 Å². The lowest BCUT2D eigenvalue weighted by Crippen LogP contribution is -2.34. The van der Waals surface area contributed by atoms with Gasteiger partial charge in [-0.1, -0.05) is 0 Å². The molecule has 1 heterocycles. The van der Waals surface area contributed by atoms with Crippen LogP contribution in [-0.4, -0.2) is 41.3 Å². The molecule has 0 aromatic heterocycles. The Morgan fingerprint density at radius 3 is 2.23 bits per heavy atom. The van der Waals surface area contributed by atoms with Gasteiger partial charge in [0.25, 0.3) is 0 Å². The predicted molar refractivity (Wildman–Crippen MR) is 85.4 cm³/mol. The maximum Gasteiger partial charge on any atom is 0.419 e. The van der Waals surface area contributed by atoms with E-state index in [1.807, 2.05) is 0 Å². The zero-order valence-corrected chi connectivity index (χ0v) is 13.8. The van der Waals surface area contributed by atoms with E-state index in [1.165, 1.54) is 0 Å². The van der Waals surface area contributed by atoms with Crippen molar-refractivity contribution in [2.24, 2.45) is 5.73 Å². The fourth-order valence-corrected chi connectivity index (χ4v) is 2.37. The largest absolute Gasteiger partial charge is 0.478 e. The predicted octanol–water partition coefficient (Wildman–Crippen LogP) is 2.27. The molecule has 0 bridgehead atoms. The van der Waals surface area contributed by atoms with Crippen molar-refractivity contribution in [3.05, 3.63) is 41.2 Å². The number of hydrogen-bond acceptors (Lipinski definition) is 4. The average molecular weight is 378 g/mol. The molecule has 0 amide bonds. The highest BCUT2D eigenvalue weighted by Gasteiger charge is 2.36. The van der Waals surface area contributed by atoms with Crippen LogP contribution >= 0.6 is 0 Å². The number of nitrogens with two attached hydrogens (primary N) is 1. The number of alkyl halides is 3. The topological polar surface area (TPSA) is 104 Å². The molecule has 0 radical (unpaired) electrons. The second kappa shape index (κ2) is 8.65. The maximum absolute atomic E-state index is 13.4. The van der Waals surface area contributed by atoms with Crippen molar-refractivity contribution in [1.29, 1.82) is 0 Å². The van der Waals surface area contributed by atoms with Crippen LogP contribution in [0.3, 0.4) is 0 Å². The molecule has 0 spiro atoms. The van der Waals surface area contributed by atoms with Crippen LogP contribution in [0.15, 0.2) is 24.3 Å². The molecule has 0 saturated carbocycles. The summed E-state index contributed by atoms with van der Waals surface area (Å²) in [7, 11) is 0. The van der Waals surface area contributed by atoms with Crippen LogP contribution in [0.2, 0.25) is 0 Å². The van der Waals surface area contributed by atoms with Gasteiger partial charge in [-0.05, 0) is 31.0 Å². The second-order valence-corrected chi connectivity index (χ2v) is 5.64. The van der Waals surface area contributed by atoms with Gasteiger partial charge in [0.05, 0.1) is 5.56 Å². The molecule has 1 aromatic rings.